The predicted octanol–water partition coefficient (Wildman–Crippen LogP) is 0.673. The molecule has 0 saturated carbocycles. The van der Waals surface area contributed by atoms with Crippen molar-refractivity contribution in [2.24, 2.45) is 5.73 Å². The molecule has 0 spiro atoms. The van der Waals surface area contributed by atoms with Gasteiger partial charge in [-0.3, -0.25) is 0 Å². The van der Waals surface area contributed by atoms with Crippen molar-refractivity contribution >= 4 is 15.3 Å². The van der Waals surface area contributed by atoms with Crippen LogP contribution in [-0.2, 0) is 13.6 Å². The zero-order valence-electron chi connectivity index (χ0n) is 11.6. The van der Waals surface area contributed by atoms with Gasteiger partial charge in [-0.15, -0.1) is 0 Å². The van der Waals surface area contributed by atoms with Gasteiger partial charge in [-0.25, -0.2) is 4.79 Å². The van der Waals surface area contributed by atoms with E-state index in [4.69, 9.17) is 19.3 Å². The maximum absolute atomic E-state index is 10.7. The van der Waals surface area contributed by atoms with Gasteiger partial charge in [-0.1, -0.05) is 13.8 Å². The molecular weight excluding hydrogens is 252 g/mol. The molecule has 0 aromatic carbocycles. The van der Waals surface area contributed by atoms with E-state index >= 15 is 0 Å². The molecule has 108 valence electrons. The fourth-order valence-corrected chi connectivity index (χ4v) is 3.50. The Kier molecular flexibility index (Phi) is 11.1. The van der Waals surface area contributed by atoms with Crippen LogP contribution >= 0.6 is 0 Å². The number of carbonyl (C=O) groups excluding carboxylic acids is 1. The van der Waals surface area contributed by atoms with Crippen LogP contribution in [0.25, 0.3) is 0 Å². The Bertz CT molecular complexity index is 211. The molecule has 1 atom stereocenters. The van der Waals surface area contributed by atoms with Gasteiger partial charge in [0.05, 0.1) is 0 Å². The van der Waals surface area contributed by atoms with Crippen molar-refractivity contribution in [1.29, 1.82) is 0 Å². The minimum Gasteiger partial charge on any atom is -0.395 e. The third-order valence-corrected chi connectivity index (χ3v) is 4.30. The summed E-state index contributed by atoms with van der Waals surface area (Å²) in [6.45, 7) is 8.20. The first-order valence-electron chi connectivity index (χ1n) is 6.53. The number of primary amides is 1. The van der Waals surface area contributed by atoms with Crippen molar-refractivity contribution in [2.75, 3.05) is 26.4 Å². The second kappa shape index (κ2) is 11.5. The average molecular weight is 278 g/mol. The van der Waals surface area contributed by atoms with Crippen LogP contribution < -0.4 is 11.1 Å². The van der Waals surface area contributed by atoms with Gasteiger partial charge in [0, 0.05) is 26.4 Å². The quantitative estimate of drug-likeness (QED) is 0.544. The number of rotatable bonds is 11. The minimum absolute atomic E-state index is 0.208. The average Bonchev–Trinajstić information content (AvgIpc) is 2.35. The third-order valence-electron chi connectivity index (χ3n) is 2.13. The van der Waals surface area contributed by atoms with Crippen LogP contribution in [0.3, 0.4) is 0 Å². The lowest BCUT2D eigenvalue weighted by Gasteiger charge is -2.25. The molecule has 7 heteroatoms. The van der Waals surface area contributed by atoms with E-state index in [0.29, 0.717) is 26.4 Å². The number of nitrogens with two attached hydrogens (primary N) is 1. The summed E-state index contributed by atoms with van der Waals surface area (Å²) in [7, 11) is -1.95. The lowest BCUT2D eigenvalue weighted by molar-refractivity contribution is 0.0668. The summed E-state index contributed by atoms with van der Waals surface area (Å²) < 4.78 is 17.1. The highest BCUT2D eigenvalue weighted by atomic mass is 28.3. The summed E-state index contributed by atoms with van der Waals surface area (Å²) in [6, 6.07) is -0.557. The maximum atomic E-state index is 10.7. The molecule has 0 radical (unpaired) electrons. The maximum Gasteiger partial charge on any atom is 0.353 e. The molecule has 0 saturated heterocycles. The van der Waals surface area contributed by atoms with Crippen LogP contribution in [0.1, 0.15) is 33.6 Å². The molecule has 0 aliphatic carbocycles. The summed E-state index contributed by atoms with van der Waals surface area (Å²) in [5.74, 6) is 0. The van der Waals surface area contributed by atoms with E-state index in [1.54, 1.807) is 0 Å². The van der Waals surface area contributed by atoms with Gasteiger partial charge in [-0.05, 0) is 19.8 Å². The van der Waals surface area contributed by atoms with Crippen molar-refractivity contribution in [3.63, 3.8) is 0 Å². The Morgan fingerprint density at radius 1 is 1.22 bits per heavy atom. The van der Waals surface area contributed by atoms with Crippen LogP contribution in [-0.4, -0.2) is 47.4 Å². The number of hydrogen-bond donors (Lipinski definition) is 2. The fourth-order valence-electron chi connectivity index (χ4n) is 1.38. The molecule has 6 nitrogen and oxygen atoms in total. The number of amides is 2. The number of nitrogens with one attached hydrogen (secondary N) is 1. The minimum atomic E-state index is -1.95. The first-order chi connectivity index (χ1) is 8.65. The van der Waals surface area contributed by atoms with E-state index in [1.807, 2.05) is 20.8 Å². The van der Waals surface area contributed by atoms with E-state index in [-0.39, 0.29) is 5.73 Å². The molecule has 0 aliphatic heterocycles. The van der Waals surface area contributed by atoms with Crippen molar-refractivity contribution in [1.82, 2.24) is 5.32 Å². The van der Waals surface area contributed by atoms with Gasteiger partial charge >= 0.3 is 15.3 Å². The summed E-state index contributed by atoms with van der Waals surface area (Å²) in [5.41, 5.74) is 4.86. The van der Waals surface area contributed by atoms with Gasteiger partial charge in [0.25, 0.3) is 0 Å². The summed E-state index contributed by atoms with van der Waals surface area (Å²) >= 11 is 0. The van der Waals surface area contributed by atoms with Gasteiger partial charge in [-0.2, -0.15) is 0 Å². The molecule has 3 N–H and O–H groups in total. The zero-order chi connectivity index (χ0) is 13.8. The van der Waals surface area contributed by atoms with E-state index in [9.17, 15) is 4.79 Å². The topological polar surface area (TPSA) is 82.8 Å². The van der Waals surface area contributed by atoms with Crippen molar-refractivity contribution < 1.29 is 18.4 Å². The van der Waals surface area contributed by atoms with Gasteiger partial charge < -0.3 is 24.6 Å². The molecule has 0 aromatic heterocycles. The van der Waals surface area contributed by atoms with Crippen LogP contribution in [0.2, 0.25) is 0 Å². The van der Waals surface area contributed by atoms with Crippen molar-refractivity contribution in [2.45, 2.75) is 39.3 Å². The SMILES string of the molecule is CCCO[SiH](OCCC)C(CNC(N)=O)OCC. The monoisotopic (exact) mass is 278 g/mol. The van der Waals surface area contributed by atoms with Crippen LogP contribution in [0, 0.1) is 0 Å². The molecule has 0 aliphatic rings. The summed E-state index contributed by atoms with van der Waals surface area (Å²) in [6.07, 6.45) is 1.86. The first kappa shape index (κ1) is 17.4. The number of ether oxygens (including phenoxy) is 1. The Hall–Kier alpha value is -0.633. The van der Waals surface area contributed by atoms with E-state index in [1.165, 1.54) is 0 Å². The lowest BCUT2D eigenvalue weighted by atomic mass is 10.5. The van der Waals surface area contributed by atoms with Crippen LogP contribution in [0.15, 0.2) is 0 Å². The molecular formula is C11H26N2O4Si. The molecule has 0 fully saturated rings. The number of hydrogen-bond acceptors (Lipinski definition) is 4. The highest BCUT2D eigenvalue weighted by Gasteiger charge is 2.27. The van der Waals surface area contributed by atoms with Crippen molar-refractivity contribution in [3.05, 3.63) is 0 Å². The normalized spacial score (nSPS) is 12.7. The Morgan fingerprint density at radius 2 is 1.78 bits per heavy atom. The van der Waals surface area contributed by atoms with E-state index in [2.05, 4.69) is 5.32 Å². The predicted molar refractivity (Wildman–Crippen MR) is 72.6 cm³/mol. The summed E-state index contributed by atoms with van der Waals surface area (Å²) in [4.78, 5) is 10.7. The van der Waals surface area contributed by atoms with Crippen molar-refractivity contribution in [3.8, 4) is 0 Å². The lowest BCUT2D eigenvalue weighted by Crippen LogP contribution is -2.48. The largest absolute Gasteiger partial charge is 0.395 e. The molecule has 0 bridgehead atoms. The third kappa shape index (κ3) is 8.46. The molecule has 2 amide bonds. The highest BCUT2D eigenvalue weighted by molar-refractivity contribution is 6.46. The molecule has 0 rings (SSSR count). The first-order valence-corrected chi connectivity index (χ1v) is 8.14. The van der Waals surface area contributed by atoms with E-state index < -0.39 is 15.3 Å². The second-order valence-corrected chi connectivity index (χ2v) is 6.00. The Morgan fingerprint density at radius 3 is 2.17 bits per heavy atom. The Balaban J connectivity index is 4.34. The van der Waals surface area contributed by atoms with Crippen LogP contribution in [0.5, 0.6) is 0 Å². The van der Waals surface area contributed by atoms with Gasteiger partial charge in [0.2, 0.25) is 0 Å². The molecule has 0 aromatic rings. The van der Waals surface area contributed by atoms with E-state index in [0.717, 1.165) is 12.8 Å². The molecule has 0 heterocycles. The number of urea groups is 1. The second-order valence-electron chi connectivity index (χ2n) is 3.85. The molecule has 18 heavy (non-hydrogen) atoms. The Labute approximate surface area is 111 Å². The fraction of sp³-hybridized carbons (Fsp3) is 0.909. The van der Waals surface area contributed by atoms with Gasteiger partial charge in [0.1, 0.15) is 5.73 Å². The number of carbonyl (C=O) groups is 1. The smallest absolute Gasteiger partial charge is 0.353 e. The summed E-state index contributed by atoms with van der Waals surface area (Å²) in [5, 5.41) is 2.55. The van der Waals surface area contributed by atoms with Crippen LogP contribution in [0.4, 0.5) is 4.79 Å². The molecule has 1 unspecified atom stereocenters. The standard InChI is InChI=1S/C11H26N2O4Si/c1-4-7-16-18(17-8-5-2)10(15-6-3)9-13-11(12)14/h10,18H,4-9H2,1-3H3,(H3,12,13,14). The highest BCUT2D eigenvalue weighted by Crippen LogP contribution is 2.04. The van der Waals surface area contributed by atoms with Gasteiger partial charge in [0.15, 0.2) is 0 Å². The zero-order valence-corrected chi connectivity index (χ0v) is 12.8.